The summed E-state index contributed by atoms with van der Waals surface area (Å²) in [5.74, 6) is -0.207. The van der Waals surface area contributed by atoms with Crippen molar-refractivity contribution < 1.29 is 4.39 Å². The van der Waals surface area contributed by atoms with E-state index in [1.807, 2.05) is 6.07 Å². The summed E-state index contributed by atoms with van der Waals surface area (Å²) in [5.41, 5.74) is 1.09. The Morgan fingerprint density at radius 3 is 2.56 bits per heavy atom. The van der Waals surface area contributed by atoms with Crippen LogP contribution in [0.5, 0.6) is 0 Å². The minimum absolute atomic E-state index is 0.207. The van der Waals surface area contributed by atoms with Crippen LogP contribution < -0.4 is 5.32 Å². The van der Waals surface area contributed by atoms with Gasteiger partial charge in [-0.1, -0.05) is 35.8 Å². The molecule has 1 atom stereocenters. The summed E-state index contributed by atoms with van der Waals surface area (Å²) in [7, 11) is 0. The summed E-state index contributed by atoms with van der Waals surface area (Å²) in [6.07, 6.45) is 0. The summed E-state index contributed by atoms with van der Waals surface area (Å²) >= 11 is 3.41. The number of nitrogens with zero attached hydrogens (tertiary/aromatic N) is 1. The topological polar surface area (TPSA) is 15.3 Å². The van der Waals surface area contributed by atoms with E-state index in [4.69, 9.17) is 0 Å². The standard InChI is InChI=1S/C14H22BrFN2/c1-4-18(5-2)9-8-17-11(3)13-7-6-12(16)10-14(13)15/h6-7,10-11,17H,4-5,8-9H2,1-3H3. The van der Waals surface area contributed by atoms with Crippen LogP contribution in [0.4, 0.5) is 4.39 Å². The van der Waals surface area contributed by atoms with Gasteiger partial charge in [0, 0.05) is 23.6 Å². The third-order valence-corrected chi connectivity index (χ3v) is 3.89. The van der Waals surface area contributed by atoms with Crippen LogP contribution in [0.3, 0.4) is 0 Å². The van der Waals surface area contributed by atoms with Crippen molar-refractivity contribution >= 4 is 15.9 Å². The first-order valence-electron chi connectivity index (χ1n) is 6.49. The predicted molar refractivity (Wildman–Crippen MR) is 78.3 cm³/mol. The van der Waals surface area contributed by atoms with Crippen molar-refractivity contribution in [1.82, 2.24) is 10.2 Å². The van der Waals surface area contributed by atoms with Gasteiger partial charge in [-0.15, -0.1) is 0 Å². The number of rotatable bonds is 7. The summed E-state index contributed by atoms with van der Waals surface area (Å²) in [6, 6.07) is 5.06. The van der Waals surface area contributed by atoms with Gasteiger partial charge in [-0.2, -0.15) is 0 Å². The van der Waals surface area contributed by atoms with Crippen molar-refractivity contribution in [3.05, 3.63) is 34.1 Å². The number of hydrogen-bond acceptors (Lipinski definition) is 2. The van der Waals surface area contributed by atoms with E-state index in [1.165, 1.54) is 12.1 Å². The summed E-state index contributed by atoms with van der Waals surface area (Å²) < 4.78 is 13.8. The van der Waals surface area contributed by atoms with Crippen molar-refractivity contribution in [1.29, 1.82) is 0 Å². The van der Waals surface area contributed by atoms with Crippen molar-refractivity contribution in [2.75, 3.05) is 26.2 Å². The molecule has 0 amide bonds. The number of halogens is 2. The number of benzene rings is 1. The van der Waals surface area contributed by atoms with Crippen LogP contribution in [0, 0.1) is 5.82 Å². The minimum Gasteiger partial charge on any atom is -0.309 e. The van der Waals surface area contributed by atoms with Crippen molar-refractivity contribution in [2.24, 2.45) is 0 Å². The molecule has 0 aromatic heterocycles. The maximum atomic E-state index is 13.0. The Hall–Kier alpha value is -0.450. The number of likely N-dealkylation sites (N-methyl/N-ethyl adjacent to an activating group) is 1. The molecule has 0 heterocycles. The highest BCUT2D eigenvalue weighted by Crippen LogP contribution is 2.23. The molecule has 0 bridgehead atoms. The van der Waals surface area contributed by atoms with Gasteiger partial charge in [-0.05, 0) is 37.7 Å². The third-order valence-electron chi connectivity index (χ3n) is 3.20. The van der Waals surface area contributed by atoms with Gasteiger partial charge in [-0.25, -0.2) is 4.39 Å². The molecule has 4 heteroatoms. The maximum Gasteiger partial charge on any atom is 0.124 e. The van der Waals surface area contributed by atoms with Crippen LogP contribution in [-0.2, 0) is 0 Å². The quantitative estimate of drug-likeness (QED) is 0.827. The van der Waals surface area contributed by atoms with Crippen molar-refractivity contribution in [3.8, 4) is 0 Å². The van der Waals surface area contributed by atoms with Gasteiger partial charge in [0.15, 0.2) is 0 Å². The lowest BCUT2D eigenvalue weighted by Gasteiger charge is -2.21. The van der Waals surface area contributed by atoms with Crippen LogP contribution >= 0.6 is 15.9 Å². The van der Waals surface area contributed by atoms with E-state index in [-0.39, 0.29) is 11.9 Å². The highest BCUT2D eigenvalue weighted by molar-refractivity contribution is 9.10. The monoisotopic (exact) mass is 316 g/mol. The molecule has 1 unspecified atom stereocenters. The van der Waals surface area contributed by atoms with E-state index in [9.17, 15) is 4.39 Å². The van der Waals surface area contributed by atoms with Crippen LogP contribution in [0.25, 0.3) is 0 Å². The molecular formula is C14H22BrFN2. The average molecular weight is 317 g/mol. The van der Waals surface area contributed by atoms with Gasteiger partial charge in [-0.3, -0.25) is 0 Å². The summed E-state index contributed by atoms with van der Waals surface area (Å²) in [5, 5.41) is 3.46. The van der Waals surface area contributed by atoms with E-state index < -0.39 is 0 Å². The zero-order valence-electron chi connectivity index (χ0n) is 11.3. The molecule has 0 aliphatic heterocycles. The molecule has 2 nitrogen and oxygen atoms in total. The Bertz CT molecular complexity index is 367. The fourth-order valence-corrected chi connectivity index (χ4v) is 2.64. The molecule has 0 radical (unpaired) electrons. The second-order valence-electron chi connectivity index (χ2n) is 4.37. The Labute approximate surface area is 118 Å². The van der Waals surface area contributed by atoms with E-state index in [2.05, 4.69) is 46.9 Å². The zero-order chi connectivity index (χ0) is 13.5. The number of hydrogen-bond donors (Lipinski definition) is 1. The normalized spacial score (nSPS) is 13.0. The molecule has 1 aromatic carbocycles. The van der Waals surface area contributed by atoms with Crippen LogP contribution in [0.2, 0.25) is 0 Å². The molecule has 0 aliphatic carbocycles. The van der Waals surface area contributed by atoms with Gasteiger partial charge < -0.3 is 10.2 Å². The van der Waals surface area contributed by atoms with E-state index in [1.54, 1.807) is 0 Å². The lowest BCUT2D eigenvalue weighted by molar-refractivity contribution is 0.298. The van der Waals surface area contributed by atoms with E-state index in [0.717, 1.165) is 36.2 Å². The molecule has 0 saturated carbocycles. The molecule has 0 spiro atoms. The molecule has 1 aromatic rings. The van der Waals surface area contributed by atoms with Crippen LogP contribution in [-0.4, -0.2) is 31.1 Å². The van der Waals surface area contributed by atoms with Crippen molar-refractivity contribution in [2.45, 2.75) is 26.8 Å². The van der Waals surface area contributed by atoms with E-state index >= 15 is 0 Å². The maximum absolute atomic E-state index is 13.0. The molecular weight excluding hydrogens is 295 g/mol. The lowest BCUT2D eigenvalue weighted by Crippen LogP contribution is -2.33. The predicted octanol–water partition coefficient (Wildman–Crippen LogP) is 3.58. The molecule has 0 saturated heterocycles. The molecule has 18 heavy (non-hydrogen) atoms. The molecule has 0 aliphatic rings. The third kappa shape index (κ3) is 4.67. The summed E-state index contributed by atoms with van der Waals surface area (Å²) in [4.78, 5) is 2.37. The van der Waals surface area contributed by atoms with Gasteiger partial charge in [0.2, 0.25) is 0 Å². The Morgan fingerprint density at radius 2 is 2.00 bits per heavy atom. The van der Waals surface area contributed by atoms with Gasteiger partial charge >= 0.3 is 0 Å². The fraction of sp³-hybridized carbons (Fsp3) is 0.571. The van der Waals surface area contributed by atoms with Crippen LogP contribution in [0.15, 0.2) is 22.7 Å². The van der Waals surface area contributed by atoms with Crippen molar-refractivity contribution in [3.63, 3.8) is 0 Å². The van der Waals surface area contributed by atoms with Gasteiger partial charge in [0.05, 0.1) is 0 Å². The Balaban J connectivity index is 2.47. The SMILES string of the molecule is CCN(CC)CCNC(C)c1ccc(F)cc1Br. The first-order valence-corrected chi connectivity index (χ1v) is 7.28. The largest absolute Gasteiger partial charge is 0.309 e. The summed E-state index contributed by atoms with van der Waals surface area (Å²) in [6.45, 7) is 10.6. The zero-order valence-corrected chi connectivity index (χ0v) is 12.9. The Kier molecular flexibility index (Phi) is 6.82. The minimum atomic E-state index is -0.207. The second-order valence-corrected chi connectivity index (χ2v) is 5.22. The van der Waals surface area contributed by atoms with E-state index in [0.29, 0.717) is 0 Å². The first-order chi connectivity index (χ1) is 8.58. The van der Waals surface area contributed by atoms with Gasteiger partial charge in [0.25, 0.3) is 0 Å². The first kappa shape index (κ1) is 15.6. The van der Waals surface area contributed by atoms with Gasteiger partial charge in [0.1, 0.15) is 5.82 Å². The number of nitrogens with one attached hydrogen (secondary N) is 1. The molecule has 102 valence electrons. The molecule has 1 N–H and O–H groups in total. The smallest absolute Gasteiger partial charge is 0.124 e. The fourth-order valence-electron chi connectivity index (χ4n) is 1.94. The average Bonchev–Trinajstić information content (AvgIpc) is 2.34. The Morgan fingerprint density at radius 1 is 1.33 bits per heavy atom. The highest BCUT2D eigenvalue weighted by Gasteiger charge is 2.09. The lowest BCUT2D eigenvalue weighted by atomic mass is 10.1. The molecule has 0 fully saturated rings. The highest BCUT2D eigenvalue weighted by atomic mass is 79.9. The van der Waals surface area contributed by atoms with Crippen LogP contribution in [0.1, 0.15) is 32.4 Å². The molecule has 1 rings (SSSR count). The second kappa shape index (κ2) is 7.87.